The van der Waals surface area contributed by atoms with Crippen molar-refractivity contribution in [2.24, 2.45) is 5.41 Å². The van der Waals surface area contributed by atoms with Crippen LogP contribution in [0.1, 0.15) is 61.8 Å². The summed E-state index contributed by atoms with van der Waals surface area (Å²) in [5.74, 6) is 0.886. The second kappa shape index (κ2) is 12.2. The number of pyridine rings is 1. The summed E-state index contributed by atoms with van der Waals surface area (Å²) >= 11 is 9.74. The average Bonchev–Trinajstić information content (AvgIpc) is 2.94. The number of rotatable bonds is 7. The van der Waals surface area contributed by atoms with Crippen molar-refractivity contribution in [1.29, 1.82) is 0 Å². The van der Waals surface area contributed by atoms with E-state index >= 15 is 0 Å². The highest BCUT2D eigenvalue weighted by molar-refractivity contribution is 9.10. The molecule has 2 aliphatic rings. The van der Waals surface area contributed by atoms with Crippen LogP contribution in [0.15, 0.2) is 75.7 Å². The van der Waals surface area contributed by atoms with E-state index in [2.05, 4.69) is 45.4 Å². The standard InChI is InChI=1S/C34H35BrClN3O4/c1-18-11-24(12-19(2)32(18)36)43-17-22-13-21(7-9-27(22)42-6)30-29(33(41)39-28-10-8-23(35)16-37-28)20(3)38-25-14-34(4,5)15-26(40)31(25)30/h7-13,16,30,38H,14-15,17H2,1-6H3,(H,37,39,41)/t30-/m0/s1. The van der Waals surface area contributed by atoms with Gasteiger partial charge < -0.3 is 20.1 Å². The molecule has 1 amide bonds. The molecule has 2 N–H and O–H groups in total. The first-order valence-electron chi connectivity index (χ1n) is 14.1. The third-order valence-electron chi connectivity index (χ3n) is 7.90. The molecule has 224 valence electrons. The second-order valence-electron chi connectivity index (χ2n) is 12.0. The van der Waals surface area contributed by atoms with Gasteiger partial charge in [-0.1, -0.05) is 31.5 Å². The Hall–Kier alpha value is -3.62. The molecule has 3 aromatic rings. The first-order chi connectivity index (χ1) is 20.4. The minimum Gasteiger partial charge on any atom is -0.496 e. The van der Waals surface area contributed by atoms with Gasteiger partial charge in [0.15, 0.2) is 5.78 Å². The average molecular weight is 665 g/mol. The van der Waals surface area contributed by atoms with Gasteiger partial charge in [-0.25, -0.2) is 4.98 Å². The number of dihydropyridines is 1. The molecule has 0 spiro atoms. The van der Waals surface area contributed by atoms with Crippen molar-refractivity contribution in [3.8, 4) is 11.5 Å². The number of hydrogen-bond acceptors (Lipinski definition) is 6. The summed E-state index contributed by atoms with van der Waals surface area (Å²) in [6.45, 7) is 10.2. The minimum atomic E-state index is -0.583. The number of nitrogens with zero attached hydrogens (tertiary/aromatic N) is 1. The zero-order chi connectivity index (χ0) is 31.1. The van der Waals surface area contributed by atoms with E-state index in [1.165, 1.54) is 0 Å². The highest BCUT2D eigenvalue weighted by Gasteiger charge is 2.43. The lowest BCUT2D eigenvalue weighted by Gasteiger charge is -2.39. The molecule has 2 aromatic carbocycles. The summed E-state index contributed by atoms with van der Waals surface area (Å²) in [5, 5.41) is 7.07. The van der Waals surface area contributed by atoms with Gasteiger partial charge in [0.25, 0.3) is 5.91 Å². The summed E-state index contributed by atoms with van der Waals surface area (Å²) in [5.41, 5.74) is 5.93. The molecular formula is C34H35BrClN3O4. The summed E-state index contributed by atoms with van der Waals surface area (Å²) in [4.78, 5) is 32.0. The van der Waals surface area contributed by atoms with Gasteiger partial charge in [-0.15, -0.1) is 0 Å². The van der Waals surface area contributed by atoms with E-state index in [0.717, 1.165) is 32.4 Å². The van der Waals surface area contributed by atoms with Crippen molar-refractivity contribution in [3.05, 3.63) is 103 Å². The first-order valence-corrected chi connectivity index (χ1v) is 15.3. The largest absolute Gasteiger partial charge is 0.496 e. The molecule has 43 heavy (non-hydrogen) atoms. The van der Waals surface area contributed by atoms with Crippen LogP contribution in [0.3, 0.4) is 0 Å². The Balaban J connectivity index is 1.56. The maximum Gasteiger partial charge on any atom is 0.255 e. The molecule has 0 saturated heterocycles. The van der Waals surface area contributed by atoms with Gasteiger partial charge in [0.2, 0.25) is 0 Å². The van der Waals surface area contributed by atoms with E-state index in [1.54, 1.807) is 19.4 Å². The van der Waals surface area contributed by atoms with E-state index < -0.39 is 5.92 Å². The lowest BCUT2D eigenvalue weighted by molar-refractivity contribution is -0.118. The monoisotopic (exact) mass is 663 g/mol. The number of methoxy groups -OCH3 is 1. The predicted molar refractivity (Wildman–Crippen MR) is 172 cm³/mol. The van der Waals surface area contributed by atoms with E-state index in [-0.39, 0.29) is 23.7 Å². The SMILES string of the molecule is COc1ccc([C@H]2C(C(=O)Nc3ccc(Br)cn3)=C(C)NC3=C2C(=O)CC(C)(C)C3)cc1COc1cc(C)c(Cl)c(C)c1. The molecular weight excluding hydrogens is 630 g/mol. The molecule has 0 fully saturated rings. The lowest BCUT2D eigenvalue weighted by atomic mass is 9.68. The Morgan fingerprint density at radius 1 is 1.12 bits per heavy atom. The number of aromatic nitrogens is 1. The van der Waals surface area contributed by atoms with E-state index in [9.17, 15) is 9.59 Å². The van der Waals surface area contributed by atoms with Gasteiger partial charge in [-0.05, 0) is 102 Å². The van der Waals surface area contributed by atoms with Crippen molar-refractivity contribution < 1.29 is 19.1 Å². The normalized spacial score (nSPS) is 17.8. The topological polar surface area (TPSA) is 89.5 Å². The van der Waals surface area contributed by atoms with Crippen molar-refractivity contribution in [2.75, 3.05) is 12.4 Å². The number of carbonyl (C=O) groups excluding carboxylic acids is 2. The van der Waals surface area contributed by atoms with E-state index in [0.29, 0.717) is 52.0 Å². The quantitative estimate of drug-likeness (QED) is 0.267. The van der Waals surface area contributed by atoms with Crippen molar-refractivity contribution in [1.82, 2.24) is 10.3 Å². The molecule has 5 rings (SSSR count). The molecule has 7 nitrogen and oxygen atoms in total. The Labute approximate surface area is 265 Å². The number of hydrogen-bond donors (Lipinski definition) is 2. The zero-order valence-corrected chi connectivity index (χ0v) is 27.5. The summed E-state index contributed by atoms with van der Waals surface area (Å²) in [7, 11) is 1.61. The Morgan fingerprint density at radius 2 is 1.84 bits per heavy atom. The number of halogens is 2. The molecule has 2 heterocycles. The number of nitrogens with one attached hydrogen (secondary N) is 2. The fourth-order valence-electron chi connectivity index (χ4n) is 5.95. The molecule has 0 saturated carbocycles. The van der Waals surface area contributed by atoms with Crippen LogP contribution in [-0.2, 0) is 16.2 Å². The van der Waals surface area contributed by atoms with Crippen LogP contribution >= 0.6 is 27.5 Å². The molecule has 9 heteroatoms. The van der Waals surface area contributed by atoms with Gasteiger partial charge in [-0.3, -0.25) is 9.59 Å². The van der Waals surface area contributed by atoms with Gasteiger partial charge in [0.1, 0.15) is 23.9 Å². The fourth-order valence-corrected chi connectivity index (χ4v) is 6.29. The molecule has 1 atom stereocenters. The molecule has 0 radical (unpaired) electrons. The van der Waals surface area contributed by atoms with Gasteiger partial charge >= 0.3 is 0 Å². The van der Waals surface area contributed by atoms with Crippen LogP contribution in [0.2, 0.25) is 5.02 Å². The van der Waals surface area contributed by atoms with Crippen LogP contribution in [0.25, 0.3) is 0 Å². The highest BCUT2D eigenvalue weighted by atomic mass is 79.9. The van der Waals surface area contributed by atoms with E-state index in [4.69, 9.17) is 21.1 Å². The van der Waals surface area contributed by atoms with Crippen molar-refractivity contribution in [2.45, 2.75) is 60.0 Å². The number of ketones is 1. The number of benzene rings is 2. The molecule has 1 aliphatic carbocycles. The van der Waals surface area contributed by atoms with E-state index in [1.807, 2.05) is 57.2 Å². The Morgan fingerprint density at radius 3 is 2.49 bits per heavy atom. The summed E-state index contributed by atoms with van der Waals surface area (Å²) in [6, 6.07) is 13.1. The predicted octanol–water partition coefficient (Wildman–Crippen LogP) is 7.94. The number of amides is 1. The Kier molecular flexibility index (Phi) is 8.72. The second-order valence-corrected chi connectivity index (χ2v) is 13.3. The first kappa shape index (κ1) is 30.8. The smallest absolute Gasteiger partial charge is 0.255 e. The number of aryl methyl sites for hydroxylation is 2. The maximum absolute atomic E-state index is 13.9. The Bertz CT molecular complexity index is 1650. The number of ether oxygens (including phenoxy) is 2. The third-order valence-corrected chi connectivity index (χ3v) is 8.96. The highest BCUT2D eigenvalue weighted by Crippen LogP contribution is 2.47. The molecule has 0 bridgehead atoms. The van der Waals surface area contributed by atoms with Crippen LogP contribution < -0.4 is 20.1 Å². The van der Waals surface area contributed by atoms with Gasteiger partial charge in [0, 0.05) is 56.1 Å². The molecule has 1 aliphatic heterocycles. The fraction of sp³-hybridized carbons (Fsp3) is 0.324. The minimum absolute atomic E-state index is 0.0315. The van der Waals surface area contributed by atoms with Gasteiger partial charge in [-0.2, -0.15) is 0 Å². The van der Waals surface area contributed by atoms with Crippen LogP contribution in [0.5, 0.6) is 11.5 Å². The van der Waals surface area contributed by atoms with Crippen LogP contribution in [0.4, 0.5) is 5.82 Å². The number of carbonyl (C=O) groups is 2. The molecule has 1 aromatic heterocycles. The van der Waals surface area contributed by atoms with Gasteiger partial charge in [0.05, 0.1) is 7.11 Å². The van der Waals surface area contributed by atoms with Crippen molar-refractivity contribution in [3.63, 3.8) is 0 Å². The zero-order valence-electron chi connectivity index (χ0n) is 25.2. The maximum atomic E-state index is 13.9. The van der Waals surface area contributed by atoms with Crippen LogP contribution in [0, 0.1) is 19.3 Å². The number of anilines is 1. The lowest BCUT2D eigenvalue weighted by Crippen LogP contribution is -2.39. The number of allylic oxidation sites excluding steroid dienone is 3. The number of Topliss-reactive ketones (excluding diaryl/α,β-unsaturated/α-hetero) is 1. The summed E-state index contributed by atoms with van der Waals surface area (Å²) in [6.07, 6.45) is 2.72. The molecule has 0 unspecified atom stereocenters. The van der Waals surface area contributed by atoms with Crippen molar-refractivity contribution >= 4 is 45.0 Å². The summed E-state index contributed by atoms with van der Waals surface area (Å²) < 4.78 is 12.7. The third kappa shape index (κ3) is 6.50. The van der Waals surface area contributed by atoms with Crippen LogP contribution in [-0.4, -0.2) is 23.8 Å².